The summed E-state index contributed by atoms with van der Waals surface area (Å²) in [5.41, 5.74) is 0. The molecule has 8 nitrogen and oxygen atoms in total. The molecule has 0 aliphatic heterocycles. The molecule has 0 aliphatic rings. The van der Waals surface area contributed by atoms with Gasteiger partial charge in [0.25, 0.3) is 10.1 Å². The molecule has 0 bridgehead atoms. The minimum Gasteiger partial charge on any atom is -0.544 e. The summed E-state index contributed by atoms with van der Waals surface area (Å²) < 4.78 is 30.5. The van der Waals surface area contributed by atoms with Crippen molar-refractivity contribution >= 4 is 16.1 Å². The van der Waals surface area contributed by atoms with Crippen LogP contribution in [-0.4, -0.2) is 100 Å². The minimum absolute atomic E-state index is 0.0694. The van der Waals surface area contributed by atoms with Gasteiger partial charge in [0.1, 0.15) is 6.54 Å². The smallest absolute Gasteiger partial charge is 0.265 e. The molecule has 0 rings (SSSR count). The minimum atomic E-state index is -3.83. The molecule has 0 spiro atoms. The van der Waals surface area contributed by atoms with E-state index in [0.717, 1.165) is 6.54 Å². The molecule has 0 aromatic carbocycles. The van der Waals surface area contributed by atoms with Crippen LogP contribution in [0.25, 0.3) is 0 Å². The number of likely N-dealkylation sites (N-methyl/N-ethyl adjacent to an activating group) is 1. The van der Waals surface area contributed by atoms with E-state index in [-0.39, 0.29) is 18.9 Å². The van der Waals surface area contributed by atoms with Crippen molar-refractivity contribution in [1.29, 1.82) is 0 Å². The third-order valence-electron chi connectivity index (χ3n) is 2.69. The predicted octanol–water partition coefficient (Wildman–Crippen LogP) is -1.83. The Morgan fingerprint density at radius 3 is 1.77 bits per heavy atom. The van der Waals surface area contributed by atoms with Gasteiger partial charge < -0.3 is 24.0 Å². The van der Waals surface area contributed by atoms with Crippen molar-refractivity contribution < 1.29 is 36.9 Å². The molecule has 134 valence electrons. The van der Waals surface area contributed by atoms with Gasteiger partial charge in [-0.1, -0.05) is 0 Å². The van der Waals surface area contributed by atoms with Gasteiger partial charge in [-0.15, -0.1) is 0 Å². The summed E-state index contributed by atoms with van der Waals surface area (Å²) in [5, 5.41) is 18.5. The molecule has 0 fully saturated rings. The first-order valence-electron chi connectivity index (χ1n) is 7.07. The van der Waals surface area contributed by atoms with Crippen LogP contribution in [0.3, 0.4) is 0 Å². The molecule has 9 heteroatoms. The summed E-state index contributed by atoms with van der Waals surface area (Å²) in [5.74, 6) is -1.19. The summed E-state index contributed by atoms with van der Waals surface area (Å²) >= 11 is 0. The van der Waals surface area contributed by atoms with Gasteiger partial charge in [-0.3, -0.25) is 4.55 Å². The molecule has 0 unspecified atom stereocenters. The number of aliphatic hydroxyl groups is 1. The molecular weight excluding hydrogens is 312 g/mol. The SMILES string of the molecule is C[N+](C)(C)CC(=O)[O-].C[N+](C)(CCCO)CCCS(=O)(=O)O. The Morgan fingerprint density at radius 1 is 1.05 bits per heavy atom. The zero-order chi connectivity index (χ0) is 18.0. The van der Waals surface area contributed by atoms with Crippen molar-refractivity contribution in [2.75, 3.05) is 67.2 Å². The Balaban J connectivity index is 0. The second-order valence-corrected chi connectivity index (χ2v) is 8.49. The second kappa shape index (κ2) is 10.1. The van der Waals surface area contributed by atoms with Crippen LogP contribution >= 0.6 is 0 Å². The van der Waals surface area contributed by atoms with Gasteiger partial charge in [0.05, 0.1) is 60.1 Å². The van der Waals surface area contributed by atoms with E-state index in [2.05, 4.69) is 0 Å². The Kier molecular flexibility index (Phi) is 10.8. The van der Waals surface area contributed by atoms with Gasteiger partial charge in [0.15, 0.2) is 0 Å². The number of carbonyl (C=O) groups excluding carboxylic acids is 1. The Hall–Kier alpha value is -0.740. The third kappa shape index (κ3) is 21.6. The van der Waals surface area contributed by atoms with Crippen LogP contribution < -0.4 is 5.11 Å². The fourth-order valence-corrected chi connectivity index (χ4v) is 2.17. The molecule has 0 aliphatic carbocycles. The van der Waals surface area contributed by atoms with Gasteiger partial charge >= 0.3 is 0 Å². The van der Waals surface area contributed by atoms with Crippen LogP contribution in [0, 0.1) is 0 Å². The maximum atomic E-state index is 10.4. The summed E-state index contributed by atoms with van der Waals surface area (Å²) in [6.07, 6.45) is 1.15. The van der Waals surface area contributed by atoms with Crippen LogP contribution in [-0.2, 0) is 14.9 Å². The number of aliphatic carboxylic acids is 1. The van der Waals surface area contributed by atoms with Crippen LogP contribution in [0.1, 0.15) is 12.8 Å². The molecule has 22 heavy (non-hydrogen) atoms. The Bertz CT molecular complexity index is 415. The quantitative estimate of drug-likeness (QED) is 0.376. The number of rotatable bonds is 9. The van der Waals surface area contributed by atoms with Crippen LogP contribution in [0.4, 0.5) is 0 Å². The number of nitrogens with zero attached hydrogens (tertiary/aromatic N) is 2. The van der Waals surface area contributed by atoms with Gasteiger partial charge in [-0.2, -0.15) is 8.42 Å². The lowest BCUT2D eigenvalue weighted by Crippen LogP contribution is -2.45. The molecule has 0 aromatic heterocycles. The second-order valence-electron chi connectivity index (χ2n) is 6.92. The number of aliphatic hydroxyl groups excluding tert-OH is 1. The van der Waals surface area contributed by atoms with E-state index in [0.29, 0.717) is 28.4 Å². The molecular formula is C13H31N2O6S+. The molecule has 0 amide bonds. The fourth-order valence-electron chi connectivity index (χ4n) is 1.67. The lowest BCUT2D eigenvalue weighted by molar-refractivity contribution is -0.890. The van der Waals surface area contributed by atoms with E-state index >= 15 is 0 Å². The maximum Gasteiger partial charge on any atom is 0.265 e. The Labute approximate surface area is 133 Å². The van der Waals surface area contributed by atoms with E-state index in [1.54, 1.807) is 21.1 Å². The topological polar surface area (TPSA) is 115 Å². The average molecular weight is 343 g/mol. The van der Waals surface area contributed by atoms with Crippen molar-refractivity contribution in [3.05, 3.63) is 0 Å². The van der Waals surface area contributed by atoms with Gasteiger partial charge in [0, 0.05) is 19.4 Å². The Morgan fingerprint density at radius 2 is 1.50 bits per heavy atom. The fraction of sp³-hybridized carbons (Fsp3) is 0.923. The number of quaternary nitrogens is 2. The first-order valence-corrected chi connectivity index (χ1v) is 8.68. The van der Waals surface area contributed by atoms with Gasteiger partial charge in [-0.25, -0.2) is 0 Å². The lowest BCUT2D eigenvalue weighted by Gasteiger charge is -2.29. The zero-order valence-electron chi connectivity index (χ0n) is 14.3. The van der Waals surface area contributed by atoms with E-state index in [1.165, 1.54) is 0 Å². The normalized spacial score (nSPS) is 12.5. The average Bonchev–Trinajstić information content (AvgIpc) is 2.21. The molecule has 0 atom stereocenters. The monoisotopic (exact) mass is 343 g/mol. The van der Waals surface area contributed by atoms with E-state index in [4.69, 9.17) is 9.66 Å². The highest BCUT2D eigenvalue weighted by atomic mass is 32.2. The van der Waals surface area contributed by atoms with Gasteiger partial charge in [-0.05, 0) is 0 Å². The number of carbonyl (C=O) groups is 1. The zero-order valence-corrected chi connectivity index (χ0v) is 15.1. The van der Waals surface area contributed by atoms with E-state index in [1.807, 2.05) is 14.1 Å². The number of carboxylic acids is 1. The highest BCUT2D eigenvalue weighted by molar-refractivity contribution is 7.85. The summed E-state index contributed by atoms with van der Waals surface area (Å²) in [6, 6.07) is 0. The standard InChI is InChI=1S/C8H19NO4S.C5H11NO2/c1-9(2,5-3-7-10)6-4-8-14(11,12)13;1-6(2,3)4-5(7)8/h10H,3-8H2,1-2H3;4H2,1-3H3/p+1. The summed E-state index contributed by atoms with van der Waals surface area (Å²) in [4.78, 5) is 9.89. The molecule has 2 N–H and O–H groups in total. The van der Waals surface area contributed by atoms with Crippen LogP contribution in [0.15, 0.2) is 0 Å². The molecule has 0 aromatic rings. The van der Waals surface area contributed by atoms with Crippen LogP contribution in [0.2, 0.25) is 0 Å². The van der Waals surface area contributed by atoms with Crippen molar-refractivity contribution in [3.8, 4) is 0 Å². The van der Waals surface area contributed by atoms with Crippen LogP contribution in [0.5, 0.6) is 0 Å². The van der Waals surface area contributed by atoms with Crippen molar-refractivity contribution in [3.63, 3.8) is 0 Å². The van der Waals surface area contributed by atoms with Gasteiger partial charge in [0.2, 0.25) is 0 Å². The molecule has 0 heterocycles. The highest BCUT2D eigenvalue weighted by Gasteiger charge is 2.15. The first-order chi connectivity index (χ1) is 9.68. The largest absolute Gasteiger partial charge is 0.544 e. The van der Waals surface area contributed by atoms with Crippen molar-refractivity contribution in [1.82, 2.24) is 0 Å². The van der Waals surface area contributed by atoms with E-state index in [9.17, 15) is 18.3 Å². The lowest BCUT2D eigenvalue weighted by atomic mass is 10.3. The van der Waals surface area contributed by atoms with E-state index < -0.39 is 16.1 Å². The molecule has 0 saturated carbocycles. The van der Waals surface area contributed by atoms with Crippen molar-refractivity contribution in [2.45, 2.75) is 12.8 Å². The highest BCUT2D eigenvalue weighted by Crippen LogP contribution is 2.02. The number of hydrogen-bond donors (Lipinski definition) is 2. The maximum absolute atomic E-state index is 10.4. The summed E-state index contributed by atoms with van der Waals surface area (Å²) in [6.45, 7) is 1.71. The number of hydrogen-bond acceptors (Lipinski definition) is 5. The molecule has 0 saturated heterocycles. The predicted molar refractivity (Wildman–Crippen MR) is 82.5 cm³/mol. The third-order valence-corrected chi connectivity index (χ3v) is 3.50. The van der Waals surface area contributed by atoms with Crippen molar-refractivity contribution in [2.24, 2.45) is 0 Å². The number of carboxylic acid groups (broad SMARTS) is 1. The molecule has 0 radical (unpaired) electrons. The first kappa shape index (κ1) is 23.5. The summed E-state index contributed by atoms with van der Waals surface area (Å²) in [7, 11) is 5.52.